The second-order valence-corrected chi connectivity index (χ2v) is 5.01. The average Bonchev–Trinajstić information content (AvgIpc) is 2.87. The lowest BCUT2D eigenvalue weighted by Gasteiger charge is -2.06. The van der Waals surface area contributed by atoms with E-state index in [2.05, 4.69) is 15.6 Å². The molecule has 0 aliphatic rings. The molecule has 1 heterocycles. The van der Waals surface area contributed by atoms with Gasteiger partial charge in [-0.1, -0.05) is 28.4 Å². The number of rotatable bonds is 5. The Hall–Kier alpha value is -1.63. The zero-order valence-corrected chi connectivity index (χ0v) is 12.1. The molecule has 20 heavy (non-hydrogen) atoms. The molecule has 0 spiro atoms. The number of carbonyl (C=O) groups is 1. The monoisotopic (exact) mass is 314 g/mol. The number of carboxylic acid groups (broad SMARTS) is 1. The van der Waals surface area contributed by atoms with Crippen molar-refractivity contribution in [3.63, 3.8) is 0 Å². The molecule has 2 N–H and O–H groups in total. The van der Waals surface area contributed by atoms with E-state index >= 15 is 0 Å². The maximum absolute atomic E-state index is 10.7. The highest BCUT2D eigenvalue weighted by Crippen LogP contribution is 2.24. The van der Waals surface area contributed by atoms with Gasteiger partial charge in [0, 0.05) is 6.54 Å². The first-order valence-corrected chi connectivity index (χ1v) is 6.56. The summed E-state index contributed by atoms with van der Waals surface area (Å²) in [6.07, 6.45) is 1.70. The highest BCUT2D eigenvalue weighted by molar-refractivity contribution is 6.42. The fraction of sp³-hybridized carbons (Fsp3) is 0.250. The third kappa shape index (κ3) is 3.47. The fourth-order valence-electron chi connectivity index (χ4n) is 1.48. The Labute approximate surface area is 125 Å². The van der Waals surface area contributed by atoms with Crippen LogP contribution in [0.1, 0.15) is 12.6 Å². The first kappa shape index (κ1) is 14.8. The molecule has 0 saturated heterocycles. The number of carboxylic acids is 1. The van der Waals surface area contributed by atoms with Crippen LogP contribution < -0.4 is 5.32 Å². The lowest BCUT2D eigenvalue weighted by molar-refractivity contribution is -0.139. The van der Waals surface area contributed by atoms with Gasteiger partial charge in [-0.15, -0.1) is 5.10 Å². The van der Waals surface area contributed by atoms with Crippen molar-refractivity contribution in [1.82, 2.24) is 20.3 Å². The van der Waals surface area contributed by atoms with Gasteiger partial charge in [-0.05, 0) is 25.1 Å². The van der Waals surface area contributed by atoms with Gasteiger partial charge in [0.25, 0.3) is 0 Å². The van der Waals surface area contributed by atoms with E-state index in [0.29, 0.717) is 22.3 Å². The number of hydrogen-bond acceptors (Lipinski definition) is 4. The molecule has 0 fully saturated rings. The molecule has 0 aliphatic carbocycles. The molecule has 6 nitrogen and oxygen atoms in total. The molecule has 0 saturated carbocycles. The zero-order chi connectivity index (χ0) is 14.7. The van der Waals surface area contributed by atoms with E-state index in [-0.39, 0.29) is 0 Å². The van der Waals surface area contributed by atoms with Crippen LogP contribution in [-0.4, -0.2) is 32.1 Å². The van der Waals surface area contributed by atoms with E-state index < -0.39 is 12.0 Å². The molecular weight excluding hydrogens is 303 g/mol. The molecule has 8 heteroatoms. The fourth-order valence-corrected chi connectivity index (χ4v) is 1.77. The molecular formula is C12H12Cl2N4O2. The Morgan fingerprint density at radius 1 is 1.45 bits per heavy atom. The van der Waals surface area contributed by atoms with E-state index in [4.69, 9.17) is 28.3 Å². The third-order valence-electron chi connectivity index (χ3n) is 2.67. The topological polar surface area (TPSA) is 80.0 Å². The van der Waals surface area contributed by atoms with Crippen LogP contribution in [0, 0.1) is 0 Å². The van der Waals surface area contributed by atoms with Crippen LogP contribution in [0.2, 0.25) is 10.0 Å². The van der Waals surface area contributed by atoms with Crippen molar-refractivity contribution in [2.45, 2.75) is 19.5 Å². The van der Waals surface area contributed by atoms with E-state index in [1.165, 1.54) is 0 Å². The number of aromatic nitrogens is 3. The smallest absolute Gasteiger partial charge is 0.320 e. The summed E-state index contributed by atoms with van der Waals surface area (Å²) in [5.41, 5.74) is 1.36. The molecule has 0 bridgehead atoms. The Bertz CT molecular complexity index is 630. The van der Waals surface area contributed by atoms with Crippen LogP contribution in [0.15, 0.2) is 24.4 Å². The number of nitrogens with zero attached hydrogens (tertiary/aromatic N) is 3. The summed E-state index contributed by atoms with van der Waals surface area (Å²) in [5, 5.41) is 20.4. The Balaban J connectivity index is 2.08. The lowest BCUT2D eigenvalue weighted by Crippen LogP contribution is -2.33. The zero-order valence-electron chi connectivity index (χ0n) is 10.5. The summed E-state index contributed by atoms with van der Waals surface area (Å²) in [4.78, 5) is 10.7. The molecule has 1 aromatic heterocycles. The van der Waals surface area contributed by atoms with Gasteiger partial charge < -0.3 is 5.11 Å². The molecule has 1 unspecified atom stereocenters. The summed E-state index contributed by atoms with van der Waals surface area (Å²) in [7, 11) is 0. The number of aliphatic carboxylic acids is 1. The van der Waals surface area contributed by atoms with Crippen LogP contribution in [0.5, 0.6) is 0 Å². The van der Waals surface area contributed by atoms with E-state index in [1.54, 1.807) is 36.0 Å². The molecule has 1 aromatic carbocycles. The molecule has 0 amide bonds. The second-order valence-electron chi connectivity index (χ2n) is 4.19. The Morgan fingerprint density at radius 2 is 2.20 bits per heavy atom. The van der Waals surface area contributed by atoms with Crippen LogP contribution in [0.4, 0.5) is 0 Å². The standard InChI is InChI=1S/C12H12Cl2N4O2/c1-7(12(19)20)15-5-8-6-18(17-16-8)9-2-3-10(13)11(14)4-9/h2-4,6-7,15H,5H2,1H3,(H,19,20). The normalized spacial score (nSPS) is 12.3. The first-order chi connectivity index (χ1) is 9.47. The summed E-state index contributed by atoms with van der Waals surface area (Å²) in [6, 6.07) is 4.46. The van der Waals surface area contributed by atoms with Gasteiger partial charge in [0.05, 0.1) is 27.6 Å². The van der Waals surface area contributed by atoms with Gasteiger partial charge in [0.15, 0.2) is 0 Å². The molecule has 1 atom stereocenters. The number of benzene rings is 1. The van der Waals surface area contributed by atoms with Crippen LogP contribution in [-0.2, 0) is 11.3 Å². The number of nitrogens with one attached hydrogen (secondary N) is 1. The quantitative estimate of drug-likeness (QED) is 0.883. The molecule has 0 aliphatic heterocycles. The molecule has 0 radical (unpaired) electrons. The van der Waals surface area contributed by atoms with Gasteiger partial charge in [-0.2, -0.15) is 0 Å². The minimum Gasteiger partial charge on any atom is -0.480 e. The van der Waals surface area contributed by atoms with Crippen molar-refractivity contribution < 1.29 is 9.90 Å². The van der Waals surface area contributed by atoms with Crippen molar-refractivity contribution in [3.05, 3.63) is 40.1 Å². The predicted octanol–water partition coefficient (Wildman–Crippen LogP) is 2.14. The van der Waals surface area contributed by atoms with Crippen LogP contribution in [0.25, 0.3) is 5.69 Å². The van der Waals surface area contributed by atoms with Crippen molar-refractivity contribution in [2.75, 3.05) is 0 Å². The number of hydrogen-bond donors (Lipinski definition) is 2. The van der Waals surface area contributed by atoms with Crippen molar-refractivity contribution in [2.24, 2.45) is 0 Å². The second kappa shape index (κ2) is 6.21. The largest absolute Gasteiger partial charge is 0.480 e. The van der Waals surface area contributed by atoms with E-state index in [1.807, 2.05) is 0 Å². The molecule has 2 rings (SSSR count). The third-order valence-corrected chi connectivity index (χ3v) is 3.41. The Kier molecular flexibility index (Phi) is 4.59. The van der Waals surface area contributed by atoms with Crippen molar-refractivity contribution >= 4 is 29.2 Å². The predicted molar refractivity (Wildman–Crippen MR) is 75.3 cm³/mol. The summed E-state index contributed by atoms with van der Waals surface area (Å²) in [6.45, 7) is 1.88. The van der Waals surface area contributed by atoms with E-state index in [9.17, 15) is 4.79 Å². The Morgan fingerprint density at radius 3 is 2.85 bits per heavy atom. The number of halogens is 2. The van der Waals surface area contributed by atoms with Gasteiger partial charge in [-0.25, -0.2) is 4.68 Å². The van der Waals surface area contributed by atoms with Crippen LogP contribution in [0.3, 0.4) is 0 Å². The molecule has 2 aromatic rings. The van der Waals surface area contributed by atoms with Gasteiger partial charge in [-0.3, -0.25) is 10.1 Å². The van der Waals surface area contributed by atoms with Gasteiger partial charge in [0.2, 0.25) is 0 Å². The van der Waals surface area contributed by atoms with Gasteiger partial charge in [0.1, 0.15) is 6.04 Å². The van der Waals surface area contributed by atoms with Crippen LogP contribution >= 0.6 is 23.2 Å². The highest BCUT2D eigenvalue weighted by atomic mass is 35.5. The summed E-state index contributed by atoms with van der Waals surface area (Å²) < 4.78 is 1.55. The van der Waals surface area contributed by atoms with E-state index in [0.717, 1.165) is 5.69 Å². The summed E-state index contributed by atoms with van der Waals surface area (Å²) >= 11 is 11.8. The summed E-state index contributed by atoms with van der Waals surface area (Å²) in [5.74, 6) is -0.915. The minimum atomic E-state index is -0.915. The SMILES string of the molecule is CC(NCc1cn(-c2ccc(Cl)c(Cl)c2)nn1)C(=O)O. The van der Waals surface area contributed by atoms with Crippen molar-refractivity contribution in [1.29, 1.82) is 0 Å². The molecule has 106 valence electrons. The van der Waals surface area contributed by atoms with Crippen molar-refractivity contribution in [3.8, 4) is 5.69 Å². The first-order valence-electron chi connectivity index (χ1n) is 5.80. The average molecular weight is 315 g/mol. The lowest BCUT2D eigenvalue weighted by atomic mass is 10.3. The van der Waals surface area contributed by atoms with Gasteiger partial charge >= 0.3 is 5.97 Å². The minimum absolute atomic E-state index is 0.314. The maximum atomic E-state index is 10.7. The maximum Gasteiger partial charge on any atom is 0.320 e. The highest BCUT2D eigenvalue weighted by Gasteiger charge is 2.11.